The van der Waals surface area contributed by atoms with Crippen LogP contribution < -0.4 is 20.7 Å². The molecule has 4 rings (SSSR count). The Labute approximate surface area is 215 Å². The average molecular weight is 521 g/mol. The van der Waals surface area contributed by atoms with Crippen LogP contribution in [0.15, 0.2) is 18.3 Å². The van der Waals surface area contributed by atoms with Crippen molar-refractivity contribution in [2.45, 2.75) is 76.6 Å². The summed E-state index contributed by atoms with van der Waals surface area (Å²) < 4.78 is 49.7. The van der Waals surface area contributed by atoms with Crippen molar-refractivity contribution in [3.63, 3.8) is 0 Å². The summed E-state index contributed by atoms with van der Waals surface area (Å²) in [6, 6.07) is 2.16. The third-order valence-electron chi connectivity index (χ3n) is 6.68. The smallest absolute Gasteiger partial charge is 0.229 e. The van der Waals surface area contributed by atoms with Gasteiger partial charge in [0.1, 0.15) is 12.4 Å². The number of aromatic nitrogens is 2. The Morgan fingerprint density at radius 3 is 2.30 bits per heavy atom. The highest BCUT2D eigenvalue weighted by molar-refractivity contribution is 5.57. The number of ether oxygens (including phenoxy) is 1. The second-order valence-corrected chi connectivity index (χ2v) is 11.2. The Kier molecular flexibility index (Phi) is 7.94. The van der Waals surface area contributed by atoms with E-state index in [1.54, 1.807) is 0 Å². The van der Waals surface area contributed by atoms with Crippen molar-refractivity contribution in [1.29, 1.82) is 0 Å². The van der Waals surface area contributed by atoms with Crippen LogP contribution in [-0.4, -0.2) is 64.0 Å². The topological polar surface area (TPSA) is 91.4 Å². The van der Waals surface area contributed by atoms with Gasteiger partial charge in [-0.2, -0.15) is 4.98 Å². The van der Waals surface area contributed by atoms with Crippen LogP contribution in [0.2, 0.25) is 0 Å². The Hall–Kier alpha value is -2.92. The van der Waals surface area contributed by atoms with Crippen LogP contribution in [0, 0.1) is 17.5 Å². The van der Waals surface area contributed by atoms with E-state index < -0.39 is 23.2 Å². The number of carbonyl (C=O) groups is 1. The van der Waals surface area contributed by atoms with Gasteiger partial charge in [0.05, 0.1) is 12.7 Å². The van der Waals surface area contributed by atoms with Crippen LogP contribution in [0.25, 0.3) is 0 Å². The first-order valence-electron chi connectivity index (χ1n) is 12.6. The van der Waals surface area contributed by atoms with Crippen LogP contribution in [0.1, 0.15) is 53.4 Å². The first-order chi connectivity index (χ1) is 17.4. The molecule has 2 aromatic rings. The maximum absolute atomic E-state index is 14.8. The average Bonchev–Trinajstić information content (AvgIpc) is 2.78. The fourth-order valence-corrected chi connectivity index (χ4v) is 5.50. The van der Waals surface area contributed by atoms with Gasteiger partial charge in [-0.1, -0.05) is 0 Å². The zero-order valence-corrected chi connectivity index (χ0v) is 21.7. The number of piperidine rings is 2. The minimum Gasteiger partial charge on any atom is -0.484 e. The molecule has 2 saturated heterocycles. The number of hydrogen-bond donors (Lipinski definition) is 3. The van der Waals surface area contributed by atoms with Gasteiger partial charge in [0.15, 0.2) is 29.0 Å². The van der Waals surface area contributed by atoms with Gasteiger partial charge in [-0.25, -0.2) is 18.2 Å². The lowest BCUT2D eigenvalue weighted by Crippen LogP contribution is -2.60. The molecule has 1 aromatic heterocycles. The molecule has 37 heavy (non-hydrogen) atoms. The van der Waals surface area contributed by atoms with Gasteiger partial charge >= 0.3 is 0 Å². The van der Waals surface area contributed by atoms with E-state index in [9.17, 15) is 18.0 Å². The third-order valence-corrected chi connectivity index (χ3v) is 6.68. The summed E-state index contributed by atoms with van der Waals surface area (Å²) in [6.07, 6.45) is 4.17. The van der Waals surface area contributed by atoms with Crippen molar-refractivity contribution in [2.24, 2.45) is 0 Å². The molecular weight excluding hydrogens is 485 g/mol. The van der Waals surface area contributed by atoms with Crippen molar-refractivity contribution in [1.82, 2.24) is 20.2 Å². The normalized spacial score (nSPS) is 20.4. The summed E-state index contributed by atoms with van der Waals surface area (Å²) >= 11 is 0. The first-order valence-corrected chi connectivity index (χ1v) is 12.6. The Balaban J connectivity index is 1.43. The van der Waals surface area contributed by atoms with Gasteiger partial charge in [-0.05, 0) is 53.4 Å². The summed E-state index contributed by atoms with van der Waals surface area (Å²) in [7, 11) is 0. The number of halogens is 3. The van der Waals surface area contributed by atoms with E-state index in [1.165, 1.54) is 0 Å². The predicted molar refractivity (Wildman–Crippen MR) is 136 cm³/mol. The molecule has 0 bridgehead atoms. The largest absolute Gasteiger partial charge is 0.484 e. The van der Waals surface area contributed by atoms with Crippen LogP contribution in [0.3, 0.4) is 0 Å². The zero-order chi connectivity index (χ0) is 26.8. The SMILES string of the molecule is CC1(C)CC(Nc2nc(Nc3cc(F)c(OC4CCN(CC=O)CC4)c(F)c3)ncc2F)CC(C)(C)N1. The van der Waals surface area contributed by atoms with Crippen molar-refractivity contribution in [2.75, 3.05) is 30.3 Å². The number of aldehydes is 1. The number of hydrogen-bond acceptors (Lipinski definition) is 8. The summed E-state index contributed by atoms with van der Waals surface area (Å²) in [5, 5.41) is 9.51. The number of nitrogens with zero attached hydrogens (tertiary/aromatic N) is 3. The van der Waals surface area contributed by atoms with Crippen LogP contribution in [0.5, 0.6) is 5.75 Å². The van der Waals surface area contributed by atoms with Gasteiger partial charge < -0.3 is 25.5 Å². The van der Waals surface area contributed by atoms with Gasteiger partial charge in [-0.3, -0.25) is 4.90 Å². The lowest BCUT2D eigenvalue weighted by molar-refractivity contribution is -0.109. The summed E-state index contributed by atoms with van der Waals surface area (Å²) in [5.74, 6) is -2.75. The molecule has 0 atom stereocenters. The first kappa shape index (κ1) is 27.1. The predicted octanol–water partition coefficient (Wildman–Crippen LogP) is 4.40. The van der Waals surface area contributed by atoms with E-state index in [-0.39, 0.29) is 40.7 Å². The van der Waals surface area contributed by atoms with Gasteiger partial charge in [-0.15, -0.1) is 0 Å². The van der Waals surface area contributed by atoms with E-state index in [0.717, 1.165) is 37.5 Å². The van der Waals surface area contributed by atoms with Gasteiger partial charge in [0.25, 0.3) is 0 Å². The molecule has 0 radical (unpaired) electrons. The van der Waals surface area contributed by atoms with Crippen LogP contribution >= 0.6 is 0 Å². The zero-order valence-electron chi connectivity index (χ0n) is 21.7. The number of nitrogens with one attached hydrogen (secondary N) is 3. The third kappa shape index (κ3) is 7.10. The molecule has 2 aliphatic rings. The van der Waals surface area contributed by atoms with E-state index >= 15 is 0 Å². The number of likely N-dealkylation sites (tertiary alicyclic amines) is 1. The lowest BCUT2D eigenvalue weighted by atomic mass is 9.79. The summed E-state index contributed by atoms with van der Waals surface area (Å²) in [6.45, 7) is 9.97. The van der Waals surface area contributed by atoms with Crippen molar-refractivity contribution < 1.29 is 22.7 Å². The fraction of sp³-hybridized carbons (Fsp3) is 0.577. The summed E-state index contributed by atoms with van der Waals surface area (Å²) in [5.41, 5.74) is -0.213. The molecule has 202 valence electrons. The molecule has 2 aliphatic heterocycles. The van der Waals surface area contributed by atoms with Crippen molar-refractivity contribution in [3.05, 3.63) is 35.8 Å². The molecule has 0 aliphatic carbocycles. The number of anilines is 3. The number of rotatable bonds is 8. The second-order valence-electron chi connectivity index (χ2n) is 11.2. The highest BCUT2D eigenvalue weighted by atomic mass is 19.1. The number of benzene rings is 1. The van der Waals surface area contributed by atoms with E-state index in [2.05, 4.69) is 53.6 Å². The molecule has 0 amide bonds. The fourth-order valence-electron chi connectivity index (χ4n) is 5.50. The highest BCUT2D eigenvalue weighted by Crippen LogP contribution is 2.32. The summed E-state index contributed by atoms with van der Waals surface area (Å²) in [4.78, 5) is 20.8. The Bertz CT molecular complexity index is 1080. The molecule has 3 N–H and O–H groups in total. The molecule has 3 heterocycles. The quantitative estimate of drug-likeness (QED) is 0.442. The molecule has 2 fully saturated rings. The molecule has 0 saturated carbocycles. The maximum Gasteiger partial charge on any atom is 0.229 e. The standard InChI is InChI=1S/C26H35F3N6O2/c1-25(2)13-17(14-26(3,4)34-25)31-23-21(29)15-30-24(33-23)32-16-11-19(27)22(20(28)12-16)37-18-5-7-35(8-6-18)9-10-36/h10-12,15,17-18,34H,5-9,13-14H2,1-4H3,(H2,30,31,32,33). The Morgan fingerprint density at radius 1 is 1.08 bits per heavy atom. The Morgan fingerprint density at radius 2 is 1.70 bits per heavy atom. The van der Waals surface area contributed by atoms with Crippen molar-refractivity contribution in [3.8, 4) is 5.75 Å². The molecule has 8 nitrogen and oxygen atoms in total. The molecule has 11 heteroatoms. The molecular formula is C26H35F3N6O2. The van der Waals surface area contributed by atoms with Gasteiger partial charge in [0.2, 0.25) is 5.95 Å². The maximum atomic E-state index is 14.8. The van der Waals surface area contributed by atoms with E-state index in [0.29, 0.717) is 32.5 Å². The van der Waals surface area contributed by atoms with Crippen LogP contribution in [-0.2, 0) is 4.79 Å². The van der Waals surface area contributed by atoms with Crippen LogP contribution in [0.4, 0.5) is 30.6 Å². The molecule has 1 aromatic carbocycles. The number of carbonyl (C=O) groups excluding carboxylic acids is 1. The van der Waals surface area contributed by atoms with E-state index in [4.69, 9.17) is 4.74 Å². The van der Waals surface area contributed by atoms with E-state index in [1.807, 2.05) is 4.90 Å². The van der Waals surface area contributed by atoms with Gasteiger partial charge in [0, 0.05) is 48.0 Å². The van der Waals surface area contributed by atoms with Crippen molar-refractivity contribution >= 4 is 23.7 Å². The highest BCUT2D eigenvalue weighted by Gasteiger charge is 2.38. The molecule has 0 unspecified atom stereocenters. The monoisotopic (exact) mass is 520 g/mol. The minimum absolute atomic E-state index is 0.00590. The minimum atomic E-state index is -0.863. The molecule has 0 spiro atoms. The second kappa shape index (κ2) is 10.8. The lowest BCUT2D eigenvalue weighted by Gasteiger charge is -2.46.